The van der Waals surface area contributed by atoms with Gasteiger partial charge >= 0.3 is 5.97 Å². The summed E-state index contributed by atoms with van der Waals surface area (Å²) in [5, 5.41) is 12.6. The third kappa shape index (κ3) is 6.39. The minimum absolute atomic E-state index is 0.631. The van der Waals surface area contributed by atoms with Gasteiger partial charge in [0.25, 0.3) is 0 Å². The standard InChI is InChI=1S/C15H32N2O2/c1-6-15(14(18)19,16-7-2)10-9-11-17(8-3)12-13(4)5/h13,16H,6-12H2,1-5H3,(H,18,19). The van der Waals surface area contributed by atoms with Crippen LogP contribution in [0.1, 0.15) is 53.9 Å². The van der Waals surface area contributed by atoms with Gasteiger partial charge in [-0.2, -0.15) is 0 Å². The van der Waals surface area contributed by atoms with E-state index in [1.165, 1.54) is 0 Å². The normalized spacial score (nSPS) is 14.9. The van der Waals surface area contributed by atoms with Gasteiger partial charge in [0.2, 0.25) is 0 Å². The molecule has 0 amide bonds. The summed E-state index contributed by atoms with van der Waals surface area (Å²) in [6, 6.07) is 0. The van der Waals surface area contributed by atoms with Crippen molar-refractivity contribution in [2.24, 2.45) is 5.92 Å². The first-order chi connectivity index (χ1) is 8.91. The number of carbonyl (C=O) groups is 1. The van der Waals surface area contributed by atoms with E-state index in [-0.39, 0.29) is 0 Å². The maximum atomic E-state index is 11.5. The van der Waals surface area contributed by atoms with E-state index in [2.05, 4.69) is 31.0 Å². The highest BCUT2D eigenvalue weighted by molar-refractivity contribution is 5.78. The molecule has 0 spiro atoms. The second-order valence-corrected chi connectivity index (χ2v) is 5.66. The van der Waals surface area contributed by atoms with Crippen molar-refractivity contribution < 1.29 is 9.90 Å². The van der Waals surface area contributed by atoms with Crippen LogP contribution in [-0.2, 0) is 4.79 Å². The summed E-state index contributed by atoms with van der Waals surface area (Å²) in [4.78, 5) is 13.9. The molecular formula is C15H32N2O2. The van der Waals surface area contributed by atoms with Crippen LogP contribution in [0.3, 0.4) is 0 Å². The lowest BCUT2D eigenvalue weighted by Crippen LogP contribution is -2.52. The van der Waals surface area contributed by atoms with Crippen molar-refractivity contribution in [1.29, 1.82) is 0 Å². The highest BCUT2D eigenvalue weighted by Crippen LogP contribution is 2.18. The smallest absolute Gasteiger partial charge is 0.323 e. The minimum atomic E-state index is -0.744. The van der Waals surface area contributed by atoms with Crippen LogP contribution in [0, 0.1) is 5.92 Å². The zero-order valence-electron chi connectivity index (χ0n) is 13.3. The number of carboxylic acid groups (broad SMARTS) is 1. The lowest BCUT2D eigenvalue weighted by atomic mass is 9.90. The van der Waals surface area contributed by atoms with E-state index in [1.54, 1.807) is 0 Å². The molecule has 0 aliphatic rings. The van der Waals surface area contributed by atoms with Crippen LogP contribution in [0.4, 0.5) is 0 Å². The first kappa shape index (κ1) is 18.4. The molecule has 0 aromatic heterocycles. The maximum absolute atomic E-state index is 11.5. The van der Waals surface area contributed by atoms with Gasteiger partial charge in [-0.3, -0.25) is 4.79 Å². The van der Waals surface area contributed by atoms with Gasteiger partial charge in [-0.05, 0) is 44.8 Å². The number of likely N-dealkylation sites (N-methyl/N-ethyl adjacent to an activating group) is 1. The summed E-state index contributed by atoms with van der Waals surface area (Å²) >= 11 is 0. The molecule has 19 heavy (non-hydrogen) atoms. The van der Waals surface area contributed by atoms with Gasteiger partial charge < -0.3 is 15.3 Å². The van der Waals surface area contributed by atoms with E-state index in [1.807, 2.05) is 13.8 Å². The Balaban J connectivity index is 4.35. The molecule has 0 saturated heterocycles. The van der Waals surface area contributed by atoms with Crippen LogP contribution in [0.15, 0.2) is 0 Å². The van der Waals surface area contributed by atoms with Crippen molar-refractivity contribution >= 4 is 5.97 Å². The summed E-state index contributed by atoms with van der Waals surface area (Å²) < 4.78 is 0. The summed E-state index contributed by atoms with van der Waals surface area (Å²) in [5.41, 5.74) is -0.744. The Morgan fingerprint density at radius 2 is 1.95 bits per heavy atom. The second-order valence-electron chi connectivity index (χ2n) is 5.66. The molecule has 0 radical (unpaired) electrons. The van der Waals surface area contributed by atoms with Crippen molar-refractivity contribution in [2.45, 2.75) is 59.4 Å². The first-order valence-electron chi connectivity index (χ1n) is 7.62. The van der Waals surface area contributed by atoms with Gasteiger partial charge in [0.1, 0.15) is 5.54 Å². The fraction of sp³-hybridized carbons (Fsp3) is 0.933. The highest BCUT2D eigenvalue weighted by Gasteiger charge is 2.34. The van der Waals surface area contributed by atoms with Gasteiger partial charge in [0.05, 0.1) is 0 Å². The molecule has 0 saturated carbocycles. The Labute approximate surface area is 118 Å². The number of nitrogens with one attached hydrogen (secondary N) is 1. The van der Waals surface area contributed by atoms with Gasteiger partial charge in [0, 0.05) is 6.54 Å². The van der Waals surface area contributed by atoms with E-state index < -0.39 is 11.5 Å². The topological polar surface area (TPSA) is 52.6 Å². The van der Waals surface area contributed by atoms with Crippen LogP contribution in [0.5, 0.6) is 0 Å². The third-order valence-electron chi connectivity index (χ3n) is 3.68. The van der Waals surface area contributed by atoms with Gasteiger partial charge in [-0.1, -0.05) is 34.6 Å². The Hall–Kier alpha value is -0.610. The SMILES string of the molecule is CCNC(CC)(CCCN(CC)CC(C)C)C(=O)O. The number of carboxylic acids is 1. The van der Waals surface area contributed by atoms with Crippen LogP contribution in [-0.4, -0.2) is 47.7 Å². The van der Waals surface area contributed by atoms with Crippen molar-refractivity contribution in [3.8, 4) is 0 Å². The van der Waals surface area contributed by atoms with Crippen LogP contribution >= 0.6 is 0 Å². The first-order valence-corrected chi connectivity index (χ1v) is 7.62. The minimum Gasteiger partial charge on any atom is -0.480 e. The summed E-state index contributed by atoms with van der Waals surface area (Å²) in [6.07, 6.45) is 2.25. The van der Waals surface area contributed by atoms with Crippen molar-refractivity contribution in [3.05, 3.63) is 0 Å². The molecule has 0 fully saturated rings. The van der Waals surface area contributed by atoms with E-state index >= 15 is 0 Å². The van der Waals surface area contributed by atoms with Gasteiger partial charge in [0.15, 0.2) is 0 Å². The number of hydrogen-bond donors (Lipinski definition) is 2. The zero-order chi connectivity index (χ0) is 14.9. The lowest BCUT2D eigenvalue weighted by molar-refractivity contribution is -0.145. The Bertz CT molecular complexity index is 257. The van der Waals surface area contributed by atoms with Crippen molar-refractivity contribution in [2.75, 3.05) is 26.2 Å². The Kier molecular flexibility index (Phi) is 9.02. The number of nitrogens with zero attached hydrogens (tertiary/aromatic N) is 1. The molecule has 0 aromatic carbocycles. The van der Waals surface area contributed by atoms with Crippen molar-refractivity contribution in [3.63, 3.8) is 0 Å². The van der Waals surface area contributed by atoms with E-state index in [4.69, 9.17) is 0 Å². The molecule has 0 aromatic rings. The van der Waals surface area contributed by atoms with E-state index in [9.17, 15) is 9.90 Å². The molecule has 1 unspecified atom stereocenters. The maximum Gasteiger partial charge on any atom is 0.323 e. The fourth-order valence-corrected chi connectivity index (χ4v) is 2.56. The molecule has 114 valence electrons. The highest BCUT2D eigenvalue weighted by atomic mass is 16.4. The molecule has 0 aliphatic carbocycles. The fourth-order valence-electron chi connectivity index (χ4n) is 2.56. The van der Waals surface area contributed by atoms with Gasteiger partial charge in [-0.15, -0.1) is 0 Å². The molecule has 0 aliphatic heterocycles. The molecule has 4 heteroatoms. The average molecular weight is 272 g/mol. The monoisotopic (exact) mass is 272 g/mol. The largest absolute Gasteiger partial charge is 0.480 e. The quantitative estimate of drug-likeness (QED) is 0.607. The Morgan fingerprint density at radius 3 is 2.32 bits per heavy atom. The van der Waals surface area contributed by atoms with Crippen molar-refractivity contribution in [1.82, 2.24) is 10.2 Å². The second kappa shape index (κ2) is 9.32. The predicted molar refractivity (Wildman–Crippen MR) is 80.5 cm³/mol. The summed E-state index contributed by atoms with van der Waals surface area (Å²) in [5.74, 6) is -0.0621. The average Bonchev–Trinajstić information content (AvgIpc) is 2.35. The van der Waals surface area contributed by atoms with Crippen LogP contribution < -0.4 is 5.32 Å². The summed E-state index contributed by atoms with van der Waals surface area (Å²) in [7, 11) is 0. The number of aliphatic carboxylic acids is 1. The molecule has 1 atom stereocenters. The zero-order valence-corrected chi connectivity index (χ0v) is 13.3. The molecule has 4 nitrogen and oxygen atoms in total. The van der Waals surface area contributed by atoms with Gasteiger partial charge in [-0.25, -0.2) is 0 Å². The van der Waals surface area contributed by atoms with Crippen LogP contribution in [0.2, 0.25) is 0 Å². The molecule has 0 rings (SSSR count). The number of rotatable bonds is 11. The lowest BCUT2D eigenvalue weighted by Gasteiger charge is -2.30. The molecular weight excluding hydrogens is 240 g/mol. The van der Waals surface area contributed by atoms with Crippen LogP contribution in [0.25, 0.3) is 0 Å². The molecule has 2 N–H and O–H groups in total. The number of hydrogen-bond acceptors (Lipinski definition) is 3. The summed E-state index contributed by atoms with van der Waals surface area (Å²) in [6.45, 7) is 14.3. The van der Waals surface area contributed by atoms with E-state index in [0.717, 1.165) is 26.1 Å². The van der Waals surface area contributed by atoms with E-state index in [0.29, 0.717) is 25.3 Å². The molecule has 0 heterocycles. The molecule has 0 bridgehead atoms. The Morgan fingerprint density at radius 1 is 1.32 bits per heavy atom. The predicted octanol–water partition coefficient (Wildman–Crippen LogP) is 2.59. The third-order valence-corrected chi connectivity index (χ3v) is 3.68.